The van der Waals surface area contributed by atoms with Crippen molar-refractivity contribution in [1.29, 1.82) is 0 Å². The average Bonchev–Trinajstić information content (AvgIpc) is 2.58. The van der Waals surface area contributed by atoms with Crippen molar-refractivity contribution in [2.45, 2.75) is 0 Å². The predicted molar refractivity (Wildman–Crippen MR) is 42.1 cm³/mol. The number of oxazole rings is 1. The molecule has 1 aromatic heterocycles. The van der Waals surface area contributed by atoms with Gasteiger partial charge in [-0.25, -0.2) is 4.98 Å². The van der Waals surface area contributed by atoms with E-state index in [1.165, 1.54) is 0 Å². The molecule has 11 heavy (non-hydrogen) atoms. The van der Waals surface area contributed by atoms with Crippen LogP contribution in [0.15, 0.2) is 41.3 Å². The van der Waals surface area contributed by atoms with Crippen LogP contribution in [0, 0.1) is 0 Å². The zero-order chi connectivity index (χ0) is 7.52. The first-order chi connectivity index (χ1) is 5.47. The largest absolute Gasteiger partial charge is 0.432 e. The van der Waals surface area contributed by atoms with Crippen molar-refractivity contribution in [3.63, 3.8) is 0 Å². The van der Waals surface area contributed by atoms with Crippen molar-refractivity contribution in [2.75, 3.05) is 11.4 Å². The standard InChI is InChI=1S/C8H8N2O/c1-2-5-10(6-3-1)8-9-4-7-11-8/h1-5,7H,6H2. The van der Waals surface area contributed by atoms with Gasteiger partial charge in [-0.3, -0.25) is 4.90 Å². The molecule has 1 aliphatic rings. The molecule has 0 fully saturated rings. The third kappa shape index (κ3) is 1.17. The lowest BCUT2D eigenvalue weighted by Gasteiger charge is -2.14. The summed E-state index contributed by atoms with van der Waals surface area (Å²) < 4.78 is 5.10. The highest BCUT2D eigenvalue weighted by Crippen LogP contribution is 2.12. The van der Waals surface area contributed by atoms with Crippen LogP contribution < -0.4 is 4.90 Å². The summed E-state index contributed by atoms with van der Waals surface area (Å²) in [5.41, 5.74) is 0. The molecule has 0 saturated heterocycles. The van der Waals surface area contributed by atoms with Crippen LogP contribution in [0.1, 0.15) is 0 Å². The number of rotatable bonds is 1. The lowest BCUT2D eigenvalue weighted by atomic mass is 10.4. The second kappa shape index (κ2) is 2.62. The fraction of sp³-hybridized carbons (Fsp3) is 0.125. The highest BCUT2D eigenvalue weighted by molar-refractivity contribution is 5.35. The van der Waals surface area contributed by atoms with Gasteiger partial charge in [-0.05, 0) is 6.08 Å². The normalized spacial score (nSPS) is 15.8. The van der Waals surface area contributed by atoms with Crippen molar-refractivity contribution in [3.05, 3.63) is 36.9 Å². The van der Waals surface area contributed by atoms with Gasteiger partial charge in [0.2, 0.25) is 0 Å². The van der Waals surface area contributed by atoms with Crippen LogP contribution in [-0.4, -0.2) is 11.5 Å². The summed E-state index contributed by atoms with van der Waals surface area (Å²) in [6, 6.07) is 0.644. The lowest BCUT2D eigenvalue weighted by molar-refractivity contribution is 0.556. The van der Waals surface area contributed by atoms with Crippen LogP contribution in [-0.2, 0) is 0 Å². The van der Waals surface area contributed by atoms with Gasteiger partial charge in [0.05, 0.1) is 6.20 Å². The Hall–Kier alpha value is -1.51. The molecular weight excluding hydrogens is 140 g/mol. The second-order valence-electron chi connectivity index (χ2n) is 2.24. The lowest BCUT2D eigenvalue weighted by Crippen LogP contribution is -2.17. The van der Waals surface area contributed by atoms with Crippen molar-refractivity contribution in [2.24, 2.45) is 0 Å². The van der Waals surface area contributed by atoms with E-state index in [1.54, 1.807) is 12.5 Å². The minimum atomic E-state index is 0.644. The molecule has 2 rings (SSSR count). The summed E-state index contributed by atoms with van der Waals surface area (Å²) in [4.78, 5) is 5.94. The van der Waals surface area contributed by atoms with Gasteiger partial charge in [-0.15, -0.1) is 0 Å². The van der Waals surface area contributed by atoms with E-state index in [2.05, 4.69) is 4.98 Å². The van der Waals surface area contributed by atoms with Gasteiger partial charge in [0.25, 0.3) is 0 Å². The summed E-state index contributed by atoms with van der Waals surface area (Å²) in [5, 5.41) is 0. The SMILES string of the molecule is C1=CCN(c2ncco2)C=C1. The molecule has 0 unspecified atom stereocenters. The van der Waals surface area contributed by atoms with Gasteiger partial charge >= 0.3 is 6.01 Å². The Labute approximate surface area is 64.6 Å². The molecule has 0 spiro atoms. The summed E-state index contributed by atoms with van der Waals surface area (Å²) in [6.45, 7) is 0.830. The van der Waals surface area contributed by atoms with Gasteiger partial charge in [0, 0.05) is 12.7 Å². The third-order valence-corrected chi connectivity index (χ3v) is 1.48. The van der Waals surface area contributed by atoms with E-state index < -0.39 is 0 Å². The fourth-order valence-electron chi connectivity index (χ4n) is 0.967. The summed E-state index contributed by atoms with van der Waals surface area (Å²) in [7, 11) is 0. The first-order valence-corrected chi connectivity index (χ1v) is 3.46. The Morgan fingerprint density at radius 2 is 2.45 bits per heavy atom. The molecular formula is C8H8N2O. The monoisotopic (exact) mass is 148 g/mol. The molecule has 0 aromatic carbocycles. The first kappa shape index (κ1) is 6.22. The van der Waals surface area contributed by atoms with Gasteiger partial charge in [0.15, 0.2) is 0 Å². The van der Waals surface area contributed by atoms with Crippen molar-refractivity contribution in [1.82, 2.24) is 4.98 Å². The molecule has 0 N–H and O–H groups in total. The highest BCUT2D eigenvalue weighted by Gasteiger charge is 2.05. The number of aromatic nitrogens is 1. The van der Waals surface area contributed by atoms with Crippen LogP contribution in [0.25, 0.3) is 0 Å². The Morgan fingerprint density at radius 3 is 3.09 bits per heavy atom. The maximum Gasteiger partial charge on any atom is 0.301 e. The van der Waals surface area contributed by atoms with E-state index in [0.29, 0.717) is 6.01 Å². The highest BCUT2D eigenvalue weighted by atomic mass is 16.4. The minimum Gasteiger partial charge on any atom is -0.432 e. The molecule has 0 aliphatic carbocycles. The van der Waals surface area contributed by atoms with Gasteiger partial charge in [0.1, 0.15) is 6.26 Å². The van der Waals surface area contributed by atoms with Crippen LogP contribution in [0.4, 0.5) is 6.01 Å². The molecule has 1 aromatic rings. The average molecular weight is 148 g/mol. The van der Waals surface area contributed by atoms with E-state index in [4.69, 9.17) is 4.42 Å². The summed E-state index contributed by atoms with van der Waals surface area (Å²) in [5.74, 6) is 0. The summed E-state index contributed by atoms with van der Waals surface area (Å²) >= 11 is 0. The van der Waals surface area contributed by atoms with E-state index in [0.717, 1.165) is 6.54 Å². The van der Waals surface area contributed by atoms with Crippen molar-refractivity contribution < 1.29 is 4.42 Å². The maximum absolute atomic E-state index is 5.10. The molecule has 2 heterocycles. The Morgan fingerprint density at radius 1 is 1.45 bits per heavy atom. The molecule has 3 heteroatoms. The van der Waals surface area contributed by atoms with Gasteiger partial charge in [-0.2, -0.15) is 0 Å². The third-order valence-electron chi connectivity index (χ3n) is 1.48. The minimum absolute atomic E-state index is 0.644. The number of hydrogen-bond acceptors (Lipinski definition) is 3. The van der Waals surface area contributed by atoms with Crippen LogP contribution in [0.3, 0.4) is 0 Å². The summed E-state index contributed by atoms with van der Waals surface area (Å²) in [6.07, 6.45) is 11.1. The molecule has 0 amide bonds. The van der Waals surface area contributed by atoms with Gasteiger partial charge < -0.3 is 4.42 Å². The number of anilines is 1. The molecule has 0 radical (unpaired) electrons. The maximum atomic E-state index is 5.10. The molecule has 0 saturated carbocycles. The van der Waals surface area contributed by atoms with Crippen molar-refractivity contribution >= 4 is 6.01 Å². The molecule has 0 bridgehead atoms. The second-order valence-corrected chi connectivity index (χ2v) is 2.24. The smallest absolute Gasteiger partial charge is 0.301 e. The van der Waals surface area contributed by atoms with Crippen LogP contribution in [0.2, 0.25) is 0 Å². The number of allylic oxidation sites excluding steroid dienone is 2. The molecule has 3 nitrogen and oxygen atoms in total. The Balaban J connectivity index is 2.19. The van der Waals surface area contributed by atoms with E-state index in [9.17, 15) is 0 Å². The zero-order valence-electron chi connectivity index (χ0n) is 5.97. The first-order valence-electron chi connectivity index (χ1n) is 3.46. The van der Waals surface area contributed by atoms with Crippen LogP contribution in [0.5, 0.6) is 0 Å². The van der Waals surface area contributed by atoms with E-state index in [-0.39, 0.29) is 0 Å². The Kier molecular flexibility index (Phi) is 1.48. The fourth-order valence-corrected chi connectivity index (χ4v) is 0.967. The van der Waals surface area contributed by atoms with Gasteiger partial charge in [-0.1, -0.05) is 12.2 Å². The van der Waals surface area contributed by atoms with E-state index >= 15 is 0 Å². The zero-order valence-corrected chi connectivity index (χ0v) is 5.97. The van der Waals surface area contributed by atoms with Crippen LogP contribution >= 0.6 is 0 Å². The molecule has 0 atom stereocenters. The number of nitrogens with zero attached hydrogens (tertiary/aromatic N) is 2. The van der Waals surface area contributed by atoms with E-state index in [1.807, 2.05) is 29.3 Å². The molecule has 1 aliphatic heterocycles. The van der Waals surface area contributed by atoms with Crippen molar-refractivity contribution in [3.8, 4) is 0 Å². The predicted octanol–water partition coefficient (Wildman–Crippen LogP) is 1.56. The number of hydrogen-bond donors (Lipinski definition) is 0. The quantitative estimate of drug-likeness (QED) is 0.605. The molecule has 56 valence electrons. The Bertz CT molecular complexity index is 274. The topological polar surface area (TPSA) is 29.3 Å².